The van der Waals surface area contributed by atoms with Crippen LogP contribution in [0, 0.1) is 18.6 Å². The fraction of sp³-hybridized carbons (Fsp3) is 0.0833. The normalized spacial score (nSPS) is 10.8. The summed E-state index contributed by atoms with van der Waals surface area (Å²) < 4.78 is 28.5. The summed E-state index contributed by atoms with van der Waals surface area (Å²) in [5.74, 6) is -1.73. The van der Waals surface area contributed by atoms with Crippen molar-refractivity contribution in [2.75, 3.05) is 5.32 Å². The Hall–Kier alpha value is -3.91. The van der Waals surface area contributed by atoms with Gasteiger partial charge in [-0.1, -0.05) is 22.9 Å². The molecule has 1 N–H and O–H groups in total. The number of aromatic nitrogens is 3. The van der Waals surface area contributed by atoms with Crippen LogP contribution in [-0.4, -0.2) is 27.1 Å². The highest BCUT2D eigenvalue weighted by Gasteiger charge is 2.17. The lowest BCUT2D eigenvalue weighted by molar-refractivity contribution is -0.107. The van der Waals surface area contributed by atoms with Gasteiger partial charge in [-0.25, -0.2) is 13.5 Å². The van der Waals surface area contributed by atoms with Gasteiger partial charge in [0.25, 0.3) is 0 Å². The molecule has 3 aromatic carbocycles. The molecule has 0 unspecified atom stereocenters. The van der Waals surface area contributed by atoms with E-state index in [4.69, 9.17) is 11.6 Å². The van der Waals surface area contributed by atoms with Crippen molar-refractivity contribution in [2.45, 2.75) is 13.3 Å². The number of carbonyl (C=O) groups is 2. The maximum absolute atomic E-state index is 13.9. The molecule has 4 rings (SSSR count). The summed E-state index contributed by atoms with van der Waals surface area (Å²) in [6.45, 7) is 1.80. The minimum Gasteiger partial charge on any atom is -0.353 e. The van der Waals surface area contributed by atoms with E-state index in [-0.39, 0.29) is 28.5 Å². The summed E-state index contributed by atoms with van der Waals surface area (Å²) >= 11 is 6.38. The number of aryl methyl sites for hydroxylation is 1. The fourth-order valence-electron chi connectivity index (χ4n) is 3.27. The zero-order valence-corrected chi connectivity index (χ0v) is 18.1. The quantitative estimate of drug-likeness (QED) is 0.298. The molecule has 1 aromatic heterocycles. The predicted octanol–water partition coefficient (Wildman–Crippen LogP) is 5.22. The van der Waals surface area contributed by atoms with Crippen LogP contribution in [0.25, 0.3) is 5.69 Å². The Labute approximate surface area is 192 Å². The number of carbonyl (C=O) groups excluding carboxylic acids is 2. The summed E-state index contributed by atoms with van der Waals surface area (Å²) in [4.78, 5) is 23.9. The molecular weight excluding hydrogens is 450 g/mol. The van der Waals surface area contributed by atoms with Crippen molar-refractivity contribution in [3.63, 3.8) is 0 Å². The van der Waals surface area contributed by atoms with Gasteiger partial charge >= 0.3 is 0 Å². The number of benzene rings is 3. The fourth-order valence-corrected chi connectivity index (χ4v) is 3.54. The van der Waals surface area contributed by atoms with Crippen molar-refractivity contribution in [3.8, 4) is 5.69 Å². The highest BCUT2D eigenvalue weighted by molar-refractivity contribution is 6.35. The first-order valence-corrected chi connectivity index (χ1v) is 10.3. The van der Waals surface area contributed by atoms with Crippen LogP contribution in [0.5, 0.6) is 0 Å². The van der Waals surface area contributed by atoms with Gasteiger partial charge < -0.3 is 10.1 Å². The zero-order chi connectivity index (χ0) is 23.5. The van der Waals surface area contributed by atoms with Crippen molar-refractivity contribution >= 4 is 35.0 Å². The molecule has 33 heavy (non-hydrogen) atoms. The van der Waals surface area contributed by atoms with E-state index in [1.54, 1.807) is 37.4 Å². The molecule has 0 bridgehead atoms. The van der Waals surface area contributed by atoms with Crippen molar-refractivity contribution in [3.05, 3.63) is 99.8 Å². The van der Waals surface area contributed by atoms with Gasteiger partial charge in [0.15, 0.2) is 5.78 Å². The van der Waals surface area contributed by atoms with Crippen LogP contribution >= 0.6 is 11.6 Å². The van der Waals surface area contributed by atoms with E-state index in [2.05, 4.69) is 15.6 Å². The minimum atomic E-state index is -0.747. The van der Waals surface area contributed by atoms with Crippen LogP contribution in [0.3, 0.4) is 0 Å². The lowest BCUT2D eigenvalue weighted by atomic mass is 9.98. The SMILES string of the molecule is Cc1ccc(-n2cc(CC=O)nn2)cc1C(=O)c1ccc(Nc2ccc(F)cc2F)cc1Cl. The number of hydrogen-bond donors (Lipinski definition) is 1. The highest BCUT2D eigenvalue weighted by atomic mass is 35.5. The Balaban J connectivity index is 1.61. The summed E-state index contributed by atoms with van der Waals surface area (Å²) in [6.07, 6.45) is 2.51. The van der Waals surface area contributed by atoms with Gasteiger partial charge in [-0.3, -0.25) is 4.79 Å². The topological polar surface area (TPSA) is 76.9 Å². The molecule has 0 spiro atoms. The summed E-state index contributed by atoms with van der Waals surface area (Å²) in [5, 5.41) is 10.9. The van der Waals surface area contributed by atoms with Gasteiger partial charge in [0.1, 0.15) is 17.9 Å². The maximum atomic E-state index is 13.9. The Bertz CT molecular complexity index is 1370. The predicted molar refractivity (Wildman–Crippen MR) is 120 cm³/mol. The van der Waals surface area contributed by atoms with Crippen LogP contribution in [0.4, 0.5) is 20.2 Å². The maximum Gasteiger partial charge on any atom is 0.194 e. The highest BCUT2D eigenvalue weighted by Crippen LogP contribution is 2.28. The van der Waals surface area contributed by atoms with E-state index in [0.717, 1.165) is 24.0 Å². The second-order valence-corrected chi connectivity index (χ2v) is 7.70. The molecule has 0 aliphatic carbocycles. The number of nitrogens with one attached hydrogen (secondary N) is 1. The molecule has 9 heteroatoms. The van der Waals surface area contributed by atoms with Gasteiger partial charge in [0.05, 0.1) is 28.3 Å². The Morgan fingerprint density at radius 3 is 2.64 bits per heavy atom. The Kier molecular flexibility index (Phi) is 6.28. The van der Waals surface area contributed by atoms with Crippen LogP contribution < -0.4 is 5.32 Å². The van der Waals surface area contributed by atoms with Gasteiger partial charge in [-0.05, 0) is 55.0 Å². The van der Waals surface area contributed by atoms with E-state index < -0.39 is 11.6 Å². The van der Waals surface area contributed by atoms with E-state index in [1.807, 2.05) is 0 Å². The van der Waals surface area contributed by atoms with Gasteiger partial charge in [-0.15, -0.1) is 5.10 Å². The molecule has 1 heterocycles. The van der Waals surface area contributed by atoms with Crippen molar-refractivity contribution < 1.29 is 18.4 Å². The van der Waals surface area contributed by atoms with Gasteiger partial charge in [-0.2, -0.15) is 0 Å². The lowest BCUT2D eigenvalue weighted by Gasteiger charge is -2.12. The average Bonchev–Trinajstić information content (AvgIpc) is 3.25. The molecular formula is C24H17ClF2N4O2. The summed E-state index contributed by atoms with van der Waals surface area (Å²) in [6, 6.07) is 13.1. The van der Waals surface area contributed by atoms with Crippen LogP contribution in [-0.2, 0) is 11.2 Å². The number of hydrogen-bond acceptors (Lipinski definition) is 5. The third kappa shape index (κ3) is 4.80. The van der Waals surface area contributed by atoms with Crippen molar-refractivity contribution in [1.82, 2.24) is 15.0 Å². The summed E-state index contributed by atoms with van der Waals surface area (Å²) in [5.41, 5.74) is 3.07. The first kappa shape index (κ1) is 22.3. The molecule has 0 saturated heterocycles. The molecule has 6 nitrogen and oxygen atoms in total. The van der Waals surface area contributed by atoms with Gasteiger partial charge in [0, 0.05) is 29.3 Å². The number of halogens is 3. The molecule has 4 aromatic rings. The first-order valence-electron chi connectivity index (χ1n) is 9.88. The Morgan fingerprint density at radius 2 is 1.91 bits per heavy atom. The van der Waals surface area contributed by atoms with E-state index >= 15 is 0 Å². The monoisotopic (exact) mass is 466 g/mol. The van der Waals surface area contributed by atoms with E-state index in [1.165, 1.54) is 22.9 Å². The number of nitrogens with zero attached hydrogens (tertiary/aromatic N) is 3. The molecule has 0 radical (unpaired) electrons. The number of anilines is 2. The smallest absolute Gasteiger partial charge is 0.194 e. The molecule has 0 aliphatic rings. The minimum absolute atomic E-state index is 0.0804. The van der Waals surface area contributed by atoms with Crippen molar-refractivity contribution in [2.24, 2.45) is 0 Å². The molecule has 0 saturated carbocycles. The first-order chi connectivity index (χ1) is 15.9. The zero-order valence-electron chi connectivity index (χ0n) is 17.3. The number of rotatable bonds is 7. The van der Waals surface area contributed by atoms with E-state index in [9.17, 15) is 18.4 Å². The second kappa shape index (κ2) is 9.30. The standard InChI is InChI=1S/C24H17ClF2N4O2/c1-14-2-5-18(31-13-17(8-9-32)29-30-31)12-20(14)24(33)19-6-4-16(11-21(19)25)28-23-7-3-15(26)10-22(23)27/h2-7,9-13,28H,8H2,1H3. The van der Waals surface area contributed by atoms with Crippen LogP contribution in [0.2, 0.25) is 5.02 Å². The average molecular weight is 467 g/mol. The van der Waals surface area contributed by atoms with Crippen LogP contribution in [0.15, 0.2) is 60.8 Å². The summed E-state index contributed by atoms with van der Waals surface area (Å²) in [7, 11) is 0. The molecule has 0 aliphatic heterocycles. The van der Waals surface area contributed by atoms with E-state index in [0.29, 0.717) is 22.6 Å². The number of aldehydes is 1. The van der Waals surface area contributed by atoms with Gasteiger partial charge in [0.2, 0.25) is 0 Å². The largest absolute Gasteiger partial charge is 0.353 e. The van der Waals surface area contributed by atoms with Crippen LogP contribution in [0.1, 0.15) is 27.2 Å². The van der Waals surface area contributed by atoms with Crippen molar-refractivity contribution in [1.29, 1.82) is 0 Å². The third-order valence-electron chi connectivity index (χ3n) is 4.99. The third-order valence-corrected chi connectivity index (χ3v) is 5.30. The molecule has 166 valence electrons. The Morgan fingerprint density at radius 1 is 1.09 bits per heavy atom. The molecule has 0 fully saturated rings. The lowest BCUT2D eigenvalue weighted by Crippen LogP contribution is -2.07. The molecule has 0 atom stereocenters. The number of ketones is 1. The molecule has 0 amide bonds. The second-order valence-electron chi connectivity index (χ2n) is 7.30.